The third kappa shape index (κ3) is 4.89. The number of ether oxygens (including phenoxy) is 2. The van der Waals surface area contributed by atoms with E-state index in [2.05, 4.69) is 10.3 Å². The maximum absolute atomic E-state index is 13.3. The summed E-state index contributed by atoms with van der Waals surface area (Å²) in [6.45, 7) is 0.846. The Morgan fingerprint density at radius 1 is 1.03 bits per heavy atom. The molecule has 0 unspecified atom stereocenters. The number of pyridine rings is 1. The van der Waals surface area contributed by atoms with Gasteiger partial charge in [-0.1, -0.05) is 42.6 Å². The topological polar surface area (TPSA) is 60.5 Å². The lowest BCUT2D eigenvalue weighted by molar-refractivity contribution is -0.126. The number of nitrogens with one attached hydrogen (secondary N) is 1. The molecule has 5 nitrogen and oxygen atoms in total. The molecule has 3 aromatic rings. The number of nitrogens with zero attached hydrogens (tertiary/aromatic N) is 1. The molecular formula is C26H27ClN2O3. The van der Waals surface area contributed by atoms with Gasteiger partial charge >= 0.3 is 0 Å². The van der Waals surface area contributed by atoms with Gasteiger partial charge in [0.2, 0.25) is 5.91 Å². The van der Waals surface area contributed by atoms with Gasteiger partial charge in [-0.05, 0) is 65.9 Å². The van der Waals surface area contributed by atoms with Gasteiger partial charge in [-0.25, -0.2) is 0 Å². The number of carbonyl (C=O) groups is 1. The Bertz CT molecular complexity index is 1070. The molecule has 1 heterocycles. The molecule has 1 saturated carbocycles. The molecule has 0 aliphatic heterocycles. The van der Waals surface area contributed by atoms with E-state index in [1.165, 1.54) is 0 Å². The van der Waals surface area contributed by atoms with Crippen LogP contribution in [0, 0.1) is 0 Å². The van der Waals surface area contributed by atoms with E-state index < -0.39 is 5.41 Å². The molecule has 0 atom stereocenters. The summed E-state index contributed by atoms with van der Waals surface area (Å²) in [5.41, 5.74) is 2.46. The largest absolute Gasteiger partial charge is 0.493 e. The molecule has 1 amide bonds. The van der Waals surface area contributed by atoms with Crippen LogP contribution in [0.15, 0.2) is 67.0 Å². The van der Waals surface area contributed by atoms with E-state index in [0.717, 1.165) is 42.4 Å². The fraction of sp³-hybridized carbons (Fsp3) is 0.308. The van der Waals surface area contributed by atoms with Crippen molar-refractivity contribution in [2.45, 2.75) is 44.2 Å². The van der Waals surface area contributed by atoms with Crippen LogP contribution >= 0.6 is 11.6 Å². The highest BCUT2D eigenvalue weighted by Crippen LogP contribution is 2.42. The first-order valence-corrected chi connectivity index (χ1v) is 11.2. The predicted molar refractivity (Wildman–Crippen MR) is 125 cm³/mol. The van der Waals surface area contributed by atoms with Gasteiger partial charge in [-0.3, -0.25) is 9.78 Å². The molecule has 1 fully saturated rings. The molecule has 0 spiro atoms. The molecule has 0 saturated heterocycles. The Kier molecular flexibility index (Phi) is 6.96. The minimum Gasteiger partial charge on any atom is -0.493 e. The SMILES string of the molecule is COc1cc(CNC(=O)C2(c3cccc(Cl)c3)CCCC2)ccc1OCc1ccncc1. The van der Waals surface area contributed by atoms with E-state index in [1.54, 1.807) is 19.5 Å². The third-order valence-corrected chi connectivity index (χ3v) is 6.33. The Labute approximate surface area is 193 Å². The van der Waals surface area contributed by atoms with Crippen LogP contribution in [0.2, 0.25) is 5.02 Å². The van der Waals surface area contributed by atoms with Gasteiger partial charge in [0.15, 0.2) is 11.5 Å². The number of rotatable bonds is 8. The molecule has 166 valence electrons. The second-order valence-corrected chi connectivity index (χ2v) is 8.55. The quantitative estimate of drug-likeness (QED) is 0.495. The first kappa shape index (κ1) is 22.2. The highest BCUT2D eigenvalue weighted by Gasteiger charge is 2.42. The van der Waals surface area contributed by atoms with Crippen LogP contribution in [0.5, 0.6) is 11.5 Å². The zero-order valence-corrected chi connectivity index (χ0v) is 18.9. The number of hydrogen-bond donors (Lipinski definition) is 1. The number of carbonyl (C=O) groups excluding carboxylic acids is 1. The molecule has 6 heteroatoms. The van der Waals surface area contributed by atoms with Crippen molar-refractivity contribution in [1.82, 2.24) is 10.3 Å². The van der Waals surface area contributed by atoms with Crippen molar-refractivity contribution in [3.63, 3.8) is 0 Å². The van der Waals surface area contributed by atoms with Gasteiger partial charge in [0.25, 0.3) is 0 Å². The van der Waals surface area contributed by atoms with Crippen LogP contribution in [0.25, 0.3) is 0 Å². The summed E-state index contributed by atoms with van der Waals surface area (Å²) in [7, 11) is 1.61. The van der Waals surface area contributed by atoms with Gasteiger partial charge in [-0.2, -0.15) is 0 Å². The van der Waals surface area contributed by atoms with E-state index in [9.17, 15) is 4.79 Å². The summed E-state index contributed by atoms with van der Waals surface area (Å²) < 4.78 is 11.4. The van der Waals surface area contributed by atoms with Crippen molar-refractivity contribution in [3.8, 4) is 11.5 Å². The summed E-state index contributed by atoms with van der Waals surface area (Å²) in [6.07, 6.45) is 7.23. The number of benzene rings is 2. The van der Waals surface area contributed by atoms with Crippen LogP contribution in [-0.4, -0.2) is 18.0 Å². The van der Waals surface area contributed by atoms with E-state index in [0.29, 0.717) is 29.7 Å². The highest BCUT2D eigenvalue weighted by molar-refractivity contribution is 6.30. The Balaban J connectivity index is 1.44. The van der Waals surface area contributed by atoms with E-state index in [1.807, 2.05) is 54.6 Å². The van der Waals surface area contributed by atoms with Crippen molar-refractivity contribution >= 4 is 17.5 Å². The standard InChI is InChI=1S/C26H27ClN2O3/c1-31-24-15-20(7-8-23(24)32-18-19-9-13-28-14-10-19)17-29-25(30)26(11-2-3-12-26)21-5-4-6-22(27)16-21/h4-10,13-16H,2-3,11-12,17-18H2,1H3,(H,29,30). The minimum atomic E-state index is -0.511. The molecule has 1 aliphatic rings. The number of methoxy groups -OCH3 is 1. The second-order valence-electron chi connectivity index (χ2n) is 8.11. The molecule has 0 radical (unpaired) electrons. The maximum Gasteiger partial charge on any atom is 0.230 e. The Hall–Kier alpha value is -3.05. The van der Waals surface area contributed by atoms with Gasteiger partial charge in [-0.15, -0.1) is 0 Å². The lowest BCUT2D eigenvalue weighted by Crippen LogP contribution is -2.42. The normalized spacial score (nSPS) is 14.7. The van der Waals surface area contributed by atoms with Crippen LogP contribution in [-0.2, 0) is 23.4 Å². The fourth-order valence-electron chi connectivity index (χ4n) is 4.34. The minimum absolute atomic E-state index is 0.0502. The van der Waals surface area contributed by atoms with E-state index in [4.69, 9.17) is 21.1 Å². The molecular weight excluding hydrogens is 424 g/mol. The smallest absolute Gasteiger partial charge is 0.230 e. The van der Waals surface area contributed by atoms with Crippen molar-refractivity contribution in [2.75, 3.05) is 7.11 Å². The first-order chi connectivity index (χ1) is 15.6. The van der Waals surface area contributed by atoms with Gasteiger partial charge in [0.05, 0.1) is 12.5 Å². The van der Waals surface area contributed by atoms with E-state index >= 15 is 0 Å². The molecule has 0 bridgehead atoms. The Morgan fingerprint density at radius 2 is 1.81 bits per heavy atom. The average molecular weight is 451 g/mol. The molecule has 2 aromatic carbocycles. The summed E-state index contributed by atoms with van der Waals surface area (Å²) in [4.78, 5) is 17.3. The molecule has 32 heavy (non-hydrogen) atoms. The molecule has 1 aliphatic carbocycles. The number of hydrogen-bond acceptors (Lipinski definition) is 4. The first-order valence-electron chi connectivity index (χ1n) is 10.8. The van der Waals surface area contributed by atoms with Crippen LogP contribution in [0.3, 0.4) is 0 Å². The number of amides is 1. The van der Waals surface area contributed by atoms with Crippen molar-refractivity contribution < 1.29 is 14.3 Å². The van der Waals surface area contributed by atoms with E-state index in [-0.39, 0.29) is 5.91 Å². The van der Waals surface area contributed by atoms with Crippen LogP contribution < -0.4 is 14.8 Å². The maximum atomic E-state index is 13.3. The summed E-state index contributed by atoms with van der Waals surface area (Å²) >= 11 is 6.22. The van der Waals surface area contributed by atoms with Gasteiger partial charge < -0.3 is 14.8 Å². The predicted octanol–water partition coefficient (Wildman–Crippen LogP) is 5.45. The summed E-state index contributed by atoms with van der Waals surface area (Å²) in [5.74, 6) is 1.34. The monoisotopic (exact) mass is 450 g/mol. The fourth-order valence-corrected chi connectivity index (χ4v) is 4.53. The lowest BCUT2D eigenvalue weighted by atomic mass is 9.78. The molecule has 1 aromatic heterocycles. The third-order valence-electron chi connectivity index (χ3n) is 6.09. The van der Waals surface area contributed by atoms with Crippen molar-refractivity contribution in [2.24, 2.45) is 0 Å². The summed E-state index contributed by atoms with van der Waals surface area (Å²) in [6, 6.07) is 17.2. The lowest BCUT2D eigenvalue weighted by Gasteiger charge is -2.28. The van der Waals surface area contributed by atoms with Crippen LogP contribution in [0.4, 0.5) is 0 Å². The Morgan fingerprint density at radius 3 is 2.53 bits per heavy atom. The average Bonchev–Trinajstić information content (AvgIpc) is 3.33. The van der Waals surface area contributed by atoms with Crippen LogP contribution in [0.1, 0.15) is 42.4 Å². The van der Waals surface area contributed by atoms with Gasteiger partial charge in [0.1, 0.15) is 6.61 Å². The summed E-state index contributed by atoms with van der Waals surface area (Å²) in [5, 5.41) is 3.80. The van der Waals surface area contributed by atoms with Crippen molar-refractivity contribution in [1.29, 1.82) is 0 Å². The highest BCUT2D eigenvalue weighted by atomic mass is 35.5. The second kappa shape index (κ2) is 10.0. The van der Waals surface area contributed by atoms with Gasteiger partial charge in [0, 0.05) is 24.0 Å². The number of halogens is 1. The molecule has 4 rings (SSSR count). The zero-order chi connectivity index (χ0) is 22.4. The number of aromatic nitrogens is 1. The van der Waals surface area contributed by atoms with Crippen molar-refractivity contribution in [3.05, 3.63) is 88.7 Å². The molecule has 1 N–H and O–H groups in total. The zero-order valence-electron chi connectivity index (χ0n) is 18.1.